The lowest BCUT2D eigenvalue weighted by molar-refractivity contribution is -0.150. The Hall–Kier alpha value is -0.610. The van der Waals surface area contributed by atoms with Crippen LogP contribution < -0.4 is 5.32 Å². The van der Waals surface area contributed by atoms with Crippen LogP contribution in [0.4, 0.5) is 0 Å². The van der Waals surface area contributed by atoms with Crippen LogP contribution in [0.1, 0.15) is 33.6 Å². The maximum absolute atomic E-state index is 11.8. The maximum Gasteiger partial charge on any atom is 0.326 e. The number of hydrogen-bond acceptors (Lipinski definition) is 4. The van der Waals surface area contributed by atoms with Crippen LogP contribution in [0.2, 0.25) is 0 Å². The van der Waals surface area contributed by atoms with Crippen molar-refractivity contribution >= 4 is 5.97 Å². The average molecular weight is 230 g/mol. The molecule has 0 fully saturated rings. The molecule has 0 aliphatic heterocycles. The molecule has 0 saturated heterocycles. The average Bonchev–Trinajstić information content (AvgIpc) is 2.17. The molecule has 0 aliphatic rings. The van der Waals surface area contributed by atoms with E-state index in [4.69, 9.17) is 4.74 Å². The highest BCUT2D eigenvalue weighted by atomic mass is 16.5. The van der Waals surface area contributed by atoms with E-state index in [1.54, 1.807) is 0 Å². The van der Waals surface area contributed by atoms with Gasteiger partial charge in [-0.2, -0.15) is 0 Å². The van der Waals surface area contributed by atoms with Gasteiger partial charge in [0.15, 0.2) is 0 Å². The number of carbonyl (C=O) groups is 1. The number of nitrogens with zero attached hydrogens (tertiary/aromatic N) is 1. The van der Waals surface area contributed by atoms with Crippen LogP contribution >= 0.6 is 0 Å². The number of ether oxygens (including phenoxy) is 1. The molecule has 1 unspecified atom stereocenters. The van der Waals surface area contributed by atoms with E-state index in [1.807, 2.05) is 27.9 Å². The number of esters is 1. The molecule has 0 aromatic heterocycles. The summed E-state index contributed by atoms with van der Waals surface area (Å²) in [6.07, 6.45) is 1.77. The molecule has 0 saturated carbocycles. The molecule has 1 N–H and O–H groups in total. The summed E-state index contributed by atoms with van der Waals surface area (Å²) >= 11 is 0. The minimum absolute atomic E-state index is 0.143. The van der Waals surface area contributed by atoms with Gasteiger partial charge in [0, 0.05) is 13.1 Å². The van der Waals surface area contributed by atoms with Crippen LogP contribution in [0.5, 0.6) is 0 Å². The number of nitrogens with one attached hydrogen (secondary N) is 1. The highest BCUT2D eigenvalue weighted by Gasteiger charge is 2.32. The molecule has 1 atom stereocenters. The summed E-state index contributed by atoms with van der Waals surface area (Å²) < 4.78 is 5.10. The Morgan fingerprint density at radius 3 is 2.44 bits per heavy atom. The summed E-state index contributed by atoms with van der Waals surface area (Å²) in [5.74, 6) is -0.143. The predicted octanol–water partition coefficient (Wildman–Crippen LogP) is 1.26. The zero-order valence-corrected chi connectivity index (χ0v) is 11.3. The minimum atomic E-state index is -0.541. The zero-order valence-electron chi connectivity index (χ0n) is 11.3. The Morgan fingerprint density at radius 1 is 1.38 bits per heavy atom. The van der Waals surface area contributed by atoms with E-state index in [1.165, 1.54) is 0 Å². The van der Waals surface area contributed by atoms with Crippen molar-refractivity contribution in [2.24, 2.45) is 0 Å². The van der Waals surface area contributed by atoms with Crippen molar-refractivity contribution < 1.29 is 9.53 Å². The normalized spacial score (nSPS) is 14.9. The van der Waals surface area contributed by atoms with Crippen LogP contribution in [0.25, 0.3) is 0 Å². The summed E-state index contributed by atoms with van der Waals surface area (Å²) in [6.45, 7) is 7.98. The van der Waals surface area contributed by atoms with Gasteiger partial charge in [-0.15, -0.1) is 0 Å². The Bertz CT molecular complexity index is 207. The van der Waals surface area contributed by atoms with Gasteiger partial charge in [-0.1, -0.05) is 13.3 Å². The number of carbonyl (C=O) groups excluding carboxylic acids is 1. The van der Waals surface area contributed by atoms with Crippen LogP contribution in [0, 0.1) is 0 Å². The number of hydrogen-bond donors (Lipinski definition) is 1. The second-order valence-corrected chi connectivity index (χ2v) is 4.53. The lowest BCUT2D eigenvalue weighted by Crippen LogP contribution is -2.52. The van der Waals surface area contributed by atoms with Crippen molar-refractivity contribution in [1.29, 1.82) is 0 Å². The van der Waals surface area contributed by atoms with Gasteiger partial charge in [-0.3, -0.25) is 4.79 Å². The fraction of sp³-hybridized carbons (Fsp3) is 0.917. The number of rotatable bonds is 8. The molecule has 0 amide bonds. The molecule has 0 aromatic rings. The number of likely N-dealkylation sites (N-methyl/N-ethyl adjacent to an activating group) is 1. The third-order valence-corrected chi connectivity index (χ3v) is 2.55. The van der Waals surface area contributed by atoms with E-state index in [9.17, 15) is 4.79 Å². The lowest BCUT2D eigenvalue weighted by Gasteiger charge is -2.28. The topological polar surface area (TPSA) is 41.6 Å². The third kappa shape index (κ3) is 5.47. The summed E-state index contributed by atoms with van der Waals surface area (Å²) in [5, 5.41) is 3.30. The van der Waals surface area contributed by atoms with Crippen molar-refractivity contribution in [3.63, 3.8) is 0 Å². The van der Waals surface area contributed by atoms with E-state index >= 15 is 0 Å². The fourth-order valence-corrected chi connectivity index (χ4v) is 1.61. The summed E-state index contributed by atoms with van der Waals surface area (Å²) in [7, 11) is 4.03. The molecule has 96 valence electrons. The molecule has 0 bridgehead atoms. The Kier molecular flexibility index (Phi) is 7.34. The first kappa shape index (κ1) is 15.4. The van der Waals surface area contributed by atoms with Crippen molar-refractivity contribution in [2.75, 3.05) is 33.8 Å². The molecule has 16 heavy (non-hydrogen) atoms. The predicted molar refractivity (Wildman–Crippen MR) is 66.5 cm³/mol. The van der Waals surface area contributed by atoms with Crippen LogP contribution in [-0.2, 0) is 9.53 Å². The van der Waals surface area contributed by atoms with Gasteiger partial charge in [0.1, 0.15) is 5.54 Å². The summed E-state index contributed by atoms with van der Waals surface area (Å²) in [6, 6.07) is 0. The Balaban J connectivity index is 4.26. The van der Waals surface area contributed by atoms with Crippen molar-refractivity contribution in [3.8, 4) is 0 Å². The molecule has 0 radical (unpaired) electrons. The molecule has 0 aromatic carbocycles. The summed E-state index contributed by atoms with van der Waals surface area (Å²) in [4.78, 5) is 13.9. The first-order valence-electron chi connectivity index (χ1n) is 6.03. The fourth-order valence-electron chi connectivity index (χ4n) is 1.61. The van der Waals surface area contributed by atoms with Gasteiger partial charge in [0.2, 0.25) is 0 Å². The molecular formula is C12H26N2O2. The third-order valence-electron chi connectivity index (χ3n) is 2.55. The van der Waals surface area contributed by atoms with Gasteiger partial charge in [-0.25, -0.2) is 0 Å². The second-order valence-electron chi connectivity index (χ2n) is 4.53. The van der Waals surface area contributed by atoms with E-state index in [0.29, 0.717) is 6.61 Å². The molecule has 4 heteroatoms. The van der Waals surface area contributed by atoms with E-state index in [0.717, 1.165) is 25.9 Å². The molecule has 4 nitrogen and oxygen atoms in total. The molecule has 0 rings (SSSR count). The van der Waals surface area contributed by atoms with E-state index < -0.39 is 5.54 Å². The van der Waals surface area contributed by atoms with Gasteiger partial charge < -0.3 is 15.0 Å². The SMILES string of the molecule is CCCC(C)(NCCN(C)C)C(=O)OCC. The van der Waals surface area contributed by atoms with Gasteiger partial charge in [-0.05, 0) is 34.4 Å². The van der Waals surface area contributed by atoms with Gasteiger partial charge >= 0.3 is 5.97 Å². The van der Waals surface area contributed by atoms with Crippen LogP contribution in [-0.4, -0.2) is 50.2 Å². The van der Waals surface area contributed by atoms with Crippen molar-refractivity contribution in [1.82, 2.24) is 10.2 Å². The first-order chi connectivity index (χ1) is 7.46. The first-order valence-corrected chi connectivity index (χ1v) is 6.03. The highest BCUT2D eigenvalue weighted by molar-refractivity contribution is 5.80. The molecule has 0 spiro atoms. The van der Waals surface area contributed by atoms with Gasteiger partial charge in [0.25, 0.3) is 0 Å². The van der Waals surface area contributed by atoms with E-state index in [-0.39, 0.29) is 5.97 Å². The highest BCUT2D eigenvalue weighted by Crippen LogP contribution is 2.14. The minimum Gasteiger partial charge on any atom is -0.465 e. The van der Waals surface area contributed by atoms with Gasteiger partial charge in [0.05, 0.1) is 6.61 Å². The van der Waals surface area contributed by atoms with Crippen LogP contribution in [0.3, 0.4) is 0 Å². The zero-order chi connectivity index (χ0) is 12.6. The largest absolute Gasteiger partial charge is 0.465 e. The Morgan fingerprint density at radius 2 is 2.00 bits per heavy atom. The lowest BCUT2D eigenvalue weighted by atomic mass is 9.96. The van der Waals surface area contributed by atoms with Crippen molar-refractivity contribution in [3.05, 3.63) is 0 Å². The quantitative estimate of drug-likeness (QED) is 0.637. The summed E-state index contributed by atoms with van der Waals surface area (Å²) in [5.41, 5.74) is -0.541. The molecular weight excluding hydrogens is 204 g/mol. The Labute approximate surface area is 99.3 Å². The smallest absolute Gasteiger partial charge is 0.326 e. The van der Waals surface area contributed by atoms with Crippen molar-refractivity contribution in [2.45, 2.75) is 39.2 Å². The second kappa shape index (κ2) is 7.63. The maximum atomic E-state index is 11.8. The molecule has 0 heterocycles. The standard InChI is InChI=1S/C12H26N2O2/c1-6-8-12(3,11(15)16-7-2)13-9-10-14(4)5/h13H,6-10H2,1-5H3. The monoisotopic (exact) mass is 230 g/mol. The van der Waals surface area contributed by atoms with Crippen LogP contribution in [0.15, 0.2) is 0 Å². The van der Waals surface area contributed by atoms with E-state index in [2.05, 4.69) is 17.1 Å². The molecule has 0 aliphatic carbocycles.